The van der Waals surface area contributed by atoms with Crippen molar-refractivity contribution in [2.75, 3.05) is 13.7 Å². The predicted molar refractivity (Wildman–Crippen MR) is 71.1 cm³/mol. The number of para-hydroxylation sites is 2. The lowest BCUT2D eigenvalue weighted by atomic mass is 10.1. The number of amides is 1. The van der Waals surface area contributed by atoms with Crippen LogP contribution >= 0.6 is 0 Å². The van der Waals surface area contributed by atoms with Gasteiger partial charge in [-0.3, -0.25) is 0 Å². The molecule has 0 unspecified atom stereocenters. The largest absolute Gasteiger partial charge is 0.489 e. The quantitative estimate of drug-likeness (QED) is 0.844. The lowest BCUT2D eigenvalue weighted by Crippen LogP contribution is -2.22. The Bertz CT molecular complexity index is 375. The zero-order chi connectivity index (χ0) is 13.4. The van der Waals surface area contributed by atoms with Crippen LogP contribution in [0.2, 0.25) is 0 Å². The Hall–Kier alpha value is -1.71. The summed E-state index contributed by atoms with van der Waals surface area (Å²) in [5.41, 5.74) is 0. The highest BCUT2D eigenvalue weighted by molar-refractivity contribution is 5.70. The van der Waals surface area contributed by atoms with Crippen LogP contribution in [0.25, 0.3) is 0 Å². The van der Waals surface area contributed by atoms with Crippen molar-refractivity contribution in [2.45, 2.75) is 26.7 Å². The molecule has 1 aromatic carbocycles. The second-order valence-electron chi connectivity index (χ2n) is 4.08. The fourth-order valence-electron chi connectivity index (χ4n) is 1.54. The molecule has 1 amide bonds. The Morgan fingerprint density at radius 3 is 2.39 bits per heavy atom. The molecule has 0 aromatic heterocycles. The topological polar surface area (TPSA) is 47.6 Å². The van der Waals surface area contributed by atoms with Gasteiger partial charge in [0.05, 0.1) is 6.61 Å². The first kappa shape index (κ1) is 14.4. The molecule has 100 valence electrons. The zero-order valence-corrected chi connectivity index (χ0v) is 11.2. The second-order valence-corrected chi connectivity index (χ2v) is 4.08. The van der Waals surface area contributed by atoms with Gasteiger partial charge in [-0.2, -0.15) is 0 Å². The van der Waals surface area contributed by atoms with Crippen LogP contribution in [0.4, 0.5) is 4.79 Å². The molecule has 0 aliphatic heterocycles. The molecule has 1 rings (SSSR count). The van der Waals surface area contributed by atoms with Gasteiger partial charge in [0.2, 0.25) is 0 Å². The highest BCUT2D eigenvalue weighted by atomic mass is 16.6. The summed E-state index contributed by atoms with van der Waals surface area (Å²) in [5.74, 6) is 1.58. The second kappa shape index (κ2) is 7.58. The molecule has 0 atom stereocenters. The molecule has 0 saturated heterocycles. The third-order valence-corrected chi connectivity index (χ3v) is 2.89. The molecule has 0 saturated carbocycles. The minimum absolute atomic E-state index is 0.447. The molecular formula is C14H21NO3. The number of benzene rings is 1. The number of carbonyl (C=O) groups excluding carboxylic acids is 1. The number of carbonyl (C=O) groups is 1. The van der Waals surface area contributed by atoms with Crippen molar-refractivity contribution >= 4 is 6.09 Å². The van der Waals surface area contributed by atoms with E-state index in [1.54, 1.807) is 12.1 Å². The number of hydrogen-bond donors (Lipinski definition) is 1. The Morgan fingerprint density at radius 1 is 1.22 bits per heavy atom. The van der Waals surface area contributed by atoms with Crippen LogP contribution < -0.4 is 14.8 Å². The van der Waals surface area contributed by atoms with Crippen molar-refractivity contribution in [2.24, 2.45) is 5.92 Å². The zero-order valence-electron chi connectivity index (χ0n) is 11.2. The standard InChI is InChI=1S/C14H21NO3/c1-4-11(5-2)10-17-12-8-6-7-9-13(12)18-14(16)15-3/h6-9,11H,4-5,10H2,1-3H3,(H,15,16). The van der Waals surface area contributed by atoms with E-state index in [0.29, 0.717) is 24.0 Å². The van der Waals surface area contributed by atoms with Gasteiger partial charge < -0.3 is 14.8 Å². The molecule has 0 heterocycles. The van der Waals surface area contributed by atoms with Gasteiger partial charge in [0.1, 0.15) is 0 Å². The average molecular weight is 251 g/mol. The van der Waals surface area contributed by atoms with Gasteiger partial charge in [0.15, 0.2) is 11.5 Å². The predicted octanol–water partition coefficient (Wildman–Crippen LogP) is 3.22. The van der Waals surface area contributed by atoms with Gasteiger partial charge in [-0.05, 0) is 18.1 Å². The maximum atomic E-state index is 11.2. The van der Waals surface area contributed by atoms with Crippen molar-refractivity contribution in [3.8, 4) is 11.5 Å². The maximum Gasteiger partial charge on any atom is 0.412 e. The van der Waals surface area contributed by atoms with E-state index in [1.807, 2.05) is 12.1 Å². The Labute approximate surface area is 108 Å². The summed E-state index contributed by atoms with van der Waals surface area (Å²) in [6, 6.07) is 7.19. The lowest BCUT2D eigenvalue weighted by Gasteiger charge is -2.15. The van der Waals surface area contributed by atoms with E-state index in [-0.39, 0.29) is 0 Å². The molecule has 1 aromatic rings. The Kier molecular flexibility index (Phi) is 6.05. The van der Waals surface area contributed by atoms with Crippen LogP contribution in [-0.4, -0.2) is 19.7 Å². The van der Waals surface area contributed by atoms with Gasteiger partial charge in [0.25, 0.3) is 0 Å². The van der Waals surface area contributed by atoms with Gasteiger partial charge in [-0.1, -0.05) is 38.8 Å². The molecule has 0 radical (unpaired) electrons. The smallest absolute Gasteiger partial charge is 0.412 e. The van der Waals surface area contributed by atoms with E-state index in [1.165, 1.54) is 7.05 Å². The number of ether oxygens (including phenoxy) is 2. The molecule has 18 heavy (non-hydrogen) atoms. The third-order valence-electron chi connectivity index (χ3n) is 2.89. The number of hydrogen-bond acceptors (Lipinski definition) is 3. The summed E-state index contributed by atoms with van der Waals surface area (Å²) >= 11 is 0. The van der Waals surface area contributed by atoms with Crippen molar-refractivity contribution in [3.05, 3.63) is 24.3 Å². The molecule has 4 heteroatoms. The van der Waals surface area contributed by atoms with Crippen molar-refractivity contribution in [1.82, 2.24) is 5.32 Å². The lowest BCUT2D eigenvalue weighted by molar-refractivity contribution is 0.195. The van der Waals surface area contributed by atoms with Crippen LogP contribution in [0.1, 0.15) is 26.7 Å². The molecule has 0 aliphatic rings. The first-order chi connectivity index (χ1) is 8.71. The number of nitrogens with one attached hydrogen (secondary N) is 1. The maximum absolute atomic E-state index is 11.2. The monoisotopic (exact) mass is 251 g/mol. The van der Waals surface area contributed by atoms with Crippen molar-refractivity contribution in [1.29, 1.82) is 0 Å². The first-order valence-electron chi connectivity index (χ1n) is 6.32. The normalized spacial score (nSPS) is 10.2. The molecule has 0 bridgehead atoms. The fraction of sp³-hybridized carbons (Fsp3) is 0.500. The molecule has 1 N–H and O–H groups in total. The summed E-state index contributed by atoms with van der Waals surface area (Å²) in [6.07, 6.45) is 1.66. The Balaban J connectivity index is 2.67. The summed E-state index contributed by atoms with van der Waals surface area (Å²) < 4.78 is 10.8. The van der Waals surface area contributed by atoms with Crippen LogP contribution in [0.15, 0.2) is 24.3 Å². The van der Waals surface area contributed by atoms with E-state index in [4.69, 9.17) is 9.47 Å². The van der Waals surface area contributed by atoms with Gasteiger partial charge in [-0.15, -0.1) is 0 Å². The number of rotatable bonds is 6. The SMILES string of the molecule is CCC(CC)COc1ccccc1OC(=O)NC. The summed E-state index contributed by atoms with van der Waals surface area (Å²) in [6.45, 7) is 4.93. The van der Waals surface area contributed by atoms with Crippen LogP contribution in [0.3, 0.4) is 0 Å². The van der Waals surface area contributed by atoms with Crippen LogP contribution in [0.5, 0.6) is 11.5 Å². The van der Waals surface area contributed by atoms with E-state index in [2.05, 4.69) is 19.2 Å². The van der Waals surface area contributed by atoms with Gasteiger partial charge in [-0.25, -0.2) is 4.79 Å². The van der Waals surface area contributed by atoms with Crippen molar-refractivity contribution < 1.29 is 14.3 Å². The summed E-state index contributed by atoms with van der Waals surface area (Å²) in [5, 5.41) is 2.41. The highest BCUT2D eigenvalue weighted by Crippen LogP contribution is 2.27. The molecular weight excluding hydrogens is 230 g/mol. The first-order valence-corrected chi connectivity index (χ1v) is 6.32. The molecule has 0 aliphatic carbocycles. The minimum Gasteiger partial charge on any atom is -0.489 e. The fourth-order valence-corrected chi connectivity index (χ4v) is 1.54. The van der Waals surface area contributed by atoms with E-state index in [0.717, 1.165) is 12.8 Å². The average Bonchev–Trinajstić information content (AvgIpc) is 2.41. The molecule has 0 spiro atoms. The summed E-state index contributed by atoms with van der Waals surface area (Å²) in [4.78, 5) is 11.2. The summed E-state index contributed by atoms with van der Waals surface area (Å²) in [7, 11) is 1.52. The third kappa shape index (κ3) is 4.28. The van der Waals surface area contributed by atoms with Crippen LogP contribution in [-0.2, 0) is 0 Å². The van der Waals surface area contributed by atoms with E-state index < -0.39 is 6.09 Å². The highest BCUT2D eigenvalue weighted by Gasteiger charge is 2.10. The van der Waals surface area contributed by atoms with Crippen LogP contribution in [0, 0.1) is 5.92 Å². The molecule has 4 nitrogen and oxygen atoms in total. The van der Waals surface area contributed by atoms with Gasteiger partial charge >= 0.3 is 6.09 Å². The van der Waals surface area contributed by atoms with Crippen molar-refractivity contribution in [3.63, 3.8) is 0 Å². The molecule has 0 fully saturated rings. The minimum atomic E-state index is -0.492. The Morgan fingerprint density at radius 2 is 1.83 bits per heavy atom. The van der Waals surface area contributed by atoms with E-state index >= 15 is 0 Å². The van der Waals surface area contributed by atoms with Gasteiger partial charge in [0, 0.05) is 7.05 Å². The van der Waals surface area contributed by atoms with E-state index in [9.17, 15) is 4.79 Å².